The van der Waals surface area contributed by atoms with Crippen molar-refractivity contribution in [3.05, 3.63) is 24.0 Å². The Hall–Kier alpha value is -2.33. The van der Waals surface area contributed by atoms with E-state index in [0.717, 1.165) is 38.8 Å². The Bertz CT molecular complexity index is 1100. The molecule has 176 valence electrons. The normalized spacial score (nSPS) is 34.9. The summed E-state index contributed by atoms with van der Waals surface area (Å²) in [5.41, 5.74) is 8.22. The summed E-state index contributed by atoms with van der Waals surface area (Å²) in [6.07, 6.45) is 0.300. The molecule has 5 aliphatic carbocycles. The van der Waals surface area contributed by atoms with Gasteiger partial charge in [0.2, 0.25) is 0 Å². The zero-order chi connectivity index (χ0) is 22.5. The molecule has 0 spiro atoms. The minimum atomic E-state index is -4.83. The molecule has 0 aromatic carbocycles. The number of anilines is 1. The molecule has 2 bridgehead atoms. The summed E-state index contributed by atoms with van der Waals surface area (Å²) in [5.74, 6) is 1.96. The van der Waals surface area contributed by atoms with E-state index in [1.165, 1.54) is 37.2 Å². The van der Waals surface area contributed by atoms with Gasteiger partial charge >= 0.3 is 6.36 Å². The topological polar surface area (TPSA) is 78.4 Å². The fourth-order valence-corrected chi connectivity index (χ4v) is 6.87. The van der Waals surface area contributed by atoms with Crippen LogP contribution in [0, 0.1) is 23.7 Å². The number of aromatic nitrogens is 3. The zero-order valence-electron chi connectivity index (χ0n) is 18.1. The first-order valence-corrected chi connectivity index (χ1v) is 11.8. The number of ether oxygens (including phenoxy) is 2. The summed E-state index contributed by atoms with van der Waals surface area (Å²) in [4.78, 5) is 6.54. The number of hydrogen-bond donors (Lipinski definition) is 1. The number of morpholine rings is 1. The standard InChI is InChI=1S/C23H26F3N5O2/c24-23(25,26)33-17-7-13(10-28-21(17)27)15-9-18(31(29-15)11-12-1-2-12)22-14-8-16(20(22)19(14)22)30-3-5-32-6-4-30/h7,9-10,12,14,16,19-20H,1-6,8,11H2,(H2,27,28)/t14-,16+,19-,20?,22+/m1/s1. The van der Waals surface area contributed by atoms with Gasteiger partial charge in [0.15, 0.2) is 11.6 Å². The molecule has 2 N–H and O–H groups in total. The third kappa shape index (κ3) is 3.02. The molecule has 1 unspecified atom stereocenters. The first-order valence-electron chi connectivity index (χ1n) is 11.8. The van der Waals surface area contributed by atoms with Crippen LogP contribution in [0.5, 0.6) is 5.75 Å². The lowest BCUT2D eigenvalue weighted by Gasteiger charge is -2.32. The van der Waals surface area contributed by atoms with Crippen LogP contribution in [0.25, 0.3) is 11.3 Å². The van der Waals surface area contributed by atoms with Gasteiger partial charge in [-0.25, -0.2) is 4.98 Å². The van der Waals surface area contributed by atoms with Crippen molar-refractivity contribution in [2.75, 3.05) is 32.0 Å². The molecule has 6 aliphatic rings. The summed E-state index contributed by atoms with van der Waals surface area (Å²) in [6.45, 7) is 4.49. The van der Waals surface area contributed by atoms with Gasteiger partial charge in [0.1, 0.15) is 0 Å². The molecular weight excluding hydrogens is 435 g/mol. The summed E-state index contributed by atoms with van der Waals surface area (Å²) in [6, 6.07) is 3.99. The highest BCUT2D eigenvalue weighted by Crippen LogP contribution is 2.91. The first-order chi connectivity index (χ1) is 15.9. The molecule has 6 fully saturated rings. The predicted molar refractivity (Wildman–Crippen MR) is 112 cm³/mol. The third-order valence-electron chi connectivity index (χ3n) is 8.50. The first kappa shape index (κ1) is 20.1. The Balaban J connectivity index is 1.21. The molecule has 33 heavy (non-hydrogen) atoms. The van der Waals surface area contributed by atoms with Crippen molar-refractivity contribution in [2.24, 2.45) is 23.7 Å². The number of hydrogen-bond acceptors (Lipinski definition) is 6. The molecule has 3 heterocycles. The smallest absolute Gasteiger partial charge is 0.402 e. The van der Waals surface area contributed by atoms with E-state index >= 15 is 0 Å². The maximum absolute atomic E-state index is 12.8. The van der Waals surface area contributed by atoms with Crippen molar-refractivity contribution in [1.82, 2.24) is 19.7 Å². The van der Waals surface area contributed by atoms with Gasteiger partial charge in [-0.05, 0) is 55.1 Å². The molecule has 1 aliphatic heterocycles. The lowest BCUT2D eigenvalue weighted by atomic mass is 10.00. The quantitative estimate of drug-likeness (QED) is 0.713. The molecule has 5 atom stereocenters. The number of nitrogen functional groups attached to an aromatic ring is 1. The van der Waals surface area contributed by atoms with E-state index in [1.54, 1.807) is 0 Å². The molecule has 1 saturated heterocycles. The molecule has 2 aromatic rings. The van der Waals surface area contributed by atoms with Gasteiger partial charge in [-0.2, -0.15) is 5.10 Å². The van der Waals surface area contributed by atoms with E-state index in [9.17, 15) is 13.2 Å². The minimum Gasteiger partial charge on any atom is -0.402 e. The van der Waals surface area contributed by atoms with Crippen molar-refractivity contribution in [3.8, 4) is 17.0 Å². The molecule has 2 aromatic heterocycles. The second kappa shape index (κ2) is 6.63. The molecule has 8 rings (SSSR count). The number of pyridine rings is 1. The van der Waals surface area contributed by atoms with E-state index in [4.69, 9.17) is 15.6 Å². The van der Waals surface area contributed by atoms with Gasteiger partial charge in [-0.15, -0.1) is 13.2 Å². The highest BCUT2D eigenvalue weighted by atomic mass is 19.4. The molecule has 0 radical (unpaired) electrons. The number of fused-ring (bicyclic) bond motifs is 1. The van der Waals surface area contributed by atoms with Gasteiger partial charge in [0.25, 0.3) is 0 Å². The van der Waals surface area contributed by atoms with Crippen LogP contribution in [0.3, 0.4) is 0 Å². The van der Waals surface area contributed by atoms with E-state index in [0.29, 0.717) is 35.1 Å². The lowest BCUT2D eigenvalue weighted by Crippen LogP contribution is -2.43. The van der Waals surface area contributed by atoms with Gasteiger partial charge in [-0.1, -0.05) is 0 Å². The second-order valence-corrected chi connectivity index (χ2v) is 10.2. The van der Waals surface area contributed by atoms with E-state index in [2.05, 4.69) is 25.4 Å². The lowest BCUT2D eigenvalue weighted by molar-refractivity contribution is -0.274. The van der Waals surface area contributed by atoms with Gasteiger partial charge < -0.3 is 15.2 Å². The second-order valence-electron chi connectivity index (χ2n) is 10.2. The highest BCUT2D eigenvalue weighted by Gasteiger charge is 2.93. The molecule has 0 amide bonds. The predicted octanol–water partition coefficient (Wildman–Crippen LogP) is 3.05. The van der Waals surface area contributed by atoms with Crippen LogP contribution in [0.1, 0.15) is 25.0 Å². The van der Waals surface area contributed by atoms with Crippen molar-refractivity contribution >= 4 is 5.82 Å². The number of nitrogens with two attached hydrogens (primary N) is 1. The number of alkyl halides is 3. The van der Waals surface area contributed by atoms with Crippen molar-refractivity contribution < 1.29 is 22.6 Å². The van der Waals surface area contributed by atoms with Gasteiger partial charge in [0, 0.05) is 48.5 Å². The number of rotatable bonds is 6. The summed E-state index contributed by atoms with van der Waals surface area (Å²) >= 11 is 0. The summed E-state index contributed by atoms with van der Waals surface area (Å²) < 4.78 is 50.1. The van der Waals surface area contributed by atoms with E-state index < -0.39 is 12.1 Å². The Morgan fingerprint density at radius 2 is 1.97 bits per heavy atom. The Kier molecular flexibility index (Phi) is 4.03. The van der Waals surface area contributed by atoms with E-state index in [1.807, 2.05) is 0 Å². The highest BCUT2D eigenvalue weighted by molar-refractivity contribution is 5.66. The van der Waals surface area contributed by atoms with Crippen molar-refractivity contribution in [2.45, 2.75) is 43.6 Å². The van der Waals surface area contributed by atoms with Crippen LogP contribution in [0.4, 0.5) is 19.0 Å². The Labute approximate surface area is 189 Å². The van der Waals surface area contributed by atoms with Gasteiger partial charge in [-0.3, -0.25) is 9.58 Å². The Morgan fingerprint density at radius 3 is 2.67 bits per heavy atom. The van der Waals surface area contributed by atoms with Crippen molar-refractivity contribution in [1.29, 1.82) is 0 Å². The van der Waals surface area contributed by atoms with Crippen LogP contribution >= 0.6 is 0 Å². The third-order valence-corrected chi connectivity index (χ3v) is 8.50. The monoisotopic (exact) mass is 461 g/mol. The van der Waals surface area contributed by atoms with Crippen LogP contribution in [0.15, 0.2) is 18.3 Å². The number of nitrogens with zero attached hydrogens (tertiary/aromatic N) is 4. The van der Waals surface area contributed by atoms with Crippen LogP contribution in [-0.2, 0) is 16.7 Å². The largest absolute Gasteiger partial charge is 0.573 e. The van der Waals surface area contributed by atoms with Crippen molar-refractivity contribution in [3.63, 3.8) is 0 Å². The van der Waals surface area contributed by atoms with Crippen LogP contribution < -0.4 is 10.5 Å². The SMILES string of the molecule is Nc1ncc(-c2cc([C@@]34C5[C@@H](N6CCOCC6)C[C@@H]3[C@H]54)n(CC3CC3)n2)cc1OC(F)(F)F. The fraction of sp³-hybridized carbons (Fsp3) is 0.652. The van der Waals surface area contributed by atoms with Crippen LogP contribution in [-0.4, -0.2) is 58.4 Å². The minimum absolute atomic E-state index is 0.204. The van der Waals surface area contributed by atoms with Crippen LogP contribution in [0.2, 0.25) is 0 Å². The van der Waals surface area contributed by atoms with E-state index in [-0.39, 0.29) is 11.2 Å². The van der Waals surface area contributed by atoms with Gasteiger partial charge in [0.05, 0.1) is 18.9 Å². The maximum Gasteiger partial charge on any atom is 0.573 e. The Morgan fingerprint density at radius 1 is 1.18 bits per heavy atom. The average Bonchev–Trinajstić information content (AvgIpc) is 3.70. The maximum atomic E-state index is 12.8. The average molecular weight is 461 g/mol. The summed E-state index contributed by atoms with van der Waals surface area (Å²) in [7, 11) is 0. The summed E-state index contributed by atoms with van der Waals surface area (Å²) in [5, 5.41) is 4.86. The fourth-order valence-electron chi connectivity index (χ4n) is 6.87. The zero-order valence-corrected chi connectivity index (χ0v) is 18.1. The molecule has 7 nitrogen and oxygen atoms in total. The molecular formula is C23H26F3N5O2. The molecule has 10 heteroatoms. The number of halogens is 3. The molecule has 5 saturated carbocycles.